The molecule has 0 fully saturated rings. The number of carboxylic acids is 1. The molecular weight excluding hydrogens is 313 g/mol. The van der Waals surface area contributed by atoms with Crippen LogP contribution in [-0.4, -0.2) is 34.0 Å². The molecule has 0 radical (unpaired) electrons. The Balaban J connectivity index is 2.95. The van der Waals surface area contributed by atoms with E-state index >= 15 is 0 Å². The Morgan fingerprint density at radius 1 is 1.29 bits per heavy atom. The van der Waals surface area contributed by atoms with Crippen molar-refractivity contribution >= 4 is 41.2 Å². The molecule has 1 aromatic rings. The summed E-state index contributed by atoms with van der Waals surface area (Å²) in [6.45, 7) is 4.96. The van der Waals surface area contributed by atoms with Gasteiger partial charge in [0.05, 0.1) is 0 Å². The first-order valence-electron chi connectivity index (χ1n) is 6.28. The Kier molecular flexibility index (Phi) is 5.81. The zero-order valence-electron chi connectivity index (χ0n) is 12.1. The molecule has 4 nitrogen and oxygen atoms in total. The van der Waals surface area contributed by atoms with Crippen molar-refractivity contribution in [2.45, 2.75) is 26.3 Å². The summed E-state index contributed by atoms with van der Waals surface area (Å²) in [5.41, 5.74) is 0.0439. The highest BCUT2D eigenvalue weighted by Crippen LogP contribution is 2.22. The highest BCUT2D eigenvalue weighted by Gasteiger charge is 2.26. The minimum atomic E-state index is -1.06. The number of hydrogen-bond acceptors (Lipinski definition) is 2. The Hall–Kier alpha value is -1.52. The fourth-order valence-electron chi connectivity index (χ4n) is 1.67. The molecule has 1 N–H and O–H groups in total. The number of halogens is 2. The van der Waals surface area contributed by atoms with Gasteiger partial charge in [-0.05, 0) is 44.5 Å². The van der Waals surface area contributed by atoms with Gasteiger partial charge in [0.25, 0.3) is 0 Å². The molecule has 6 heteroatoms. The molecule has 114 valence electrons. The van der Waals surface area contributed by atoms with E-state index in [9.17, 15) is 9.59 Å². The number of hydrogen-bond donors (Lipinski definition) is 1. The van der Waals surface area contributed by atoms with Crippen molar-refractivity contribution in [1.82, 2.24) is 4.90 Å². The van der Waals surface area contributed by atoms with Gasteiger partial charge in [-0.2, -0.15) is 0 Å². The predicted molar refractivity (Wildman–Crippen MR) is 84.6 cm³/mol. The Morgan fingerprint density at radius 3 is 2.38 bits per heavy atom. The highest BCUT2D eigenvalue weighted by molar-refractivity contribution is 6.35. The number of carbonyl (C=O) groups excluding carboxylic acids is 1. The van der Waals surface area contributed by atoms with Crippen LogP contribution in [0.15, 0.2) is 24.3 Å². The SMILES string of the molecule is CC(C)(C)N(CC(=O)O)C(=O)C=Cc1ccc(Cl)cc1Cl. The van der Waals surface area contributed by atoms with Gasteiger partial charge in [0.2, 0.25) is 5.91 Å². The summed E-state index contributed by atoms with van der Waals surface area (Å²) < 4.78 is 0. The molecule has 0 spiro atoms. The molecule has 1 amide bonds. The van der Waals surface area contributed by atoms with Crippen LogP contribution in [0.2, 0.25) is 10.0 Å². The van der Waals surface area contributed by atoms with Crippen LogP contribution in [0.1, 0.15) is 26.3 Å². The first kappa shape index (κ1) is 17.5. The molecule has 1 aromatic carbocycles. The number of rotatable bonds is 4. The summed E-state index contributed by atoms with van der Waals surface area (Å²) in [6.07, 6.45) is 2.85. The first-order valence-corrected chi connectivity index (χ1v) is 7.03. The zero-order valence-corrected chi connectivity index (χ0v) is 13.6. The Labute approximate surface area is 134 Å². The predicted octanol–water partition coefficient (Wildman–Crippen LogP) is 3.72. The van der Waals surface area contributed by atoms with Gasteiger partial charge in [0, 0.05) is 21.7 Å². The van der Waals surface area contributed by atoms with Gasteiger partial charge in [-0.3, -0.25) is 9.59 Å². The fraction of sp³-hybridized carbons (Fsp3) is 0.333. The van der Waals surface area contributed by atoms with E-state index in [1.165, 1.54) is 11.0 Å². The van der Waals surface area contributed by atoms with E-state index < -0.39 is 17.4 Å². The van der Waals surface area contributed by atoms with E-state index in [0.29, 0.717) is 15.6 Å². The normalized spacial score (nSPS) is 11.7. The summed E-state index contributed by atoms with van der Waals surface area (Å²) in [4.78, 5) is 24.3. The smallest absolute Gasteiger partial charge is 0.323 e. The molecule has 0 aliphatic carbocycles. The van der Waals surface area contributed by atoms with Crippen LogP contribution in [0, 0.1) is 0 Å². The maximum absolute atomic E-state index is 12.2. The minimum absolute atomic E-state index is 0.360. The Bertz CT molecular complexity index is 577. The van der Waals surface area contributed by atoms with E-state index in [-0.39, 0.29) is 6.54 Å². The van der Waals surface area contributed by atoms with E-state index in [2.05, 4.69) is 0 Å². The lowest BCUT2D eigenvalue weighted by Crippen LogP contribution is -2.47. The van der Waals surface area contributed by atoms with Crippen LogP contribution in [0.25, 0.3) is 6.08 Å². The van der Waals surface area contributed by atoms with Gasteiger partial charge in [0.1, 0.15) is 6.54 Å². The third-order valence-corrected chi connectivity index (χ3v) is 3.30. The average molecular weight is 330 g/mol. The summed E-state index contributed by atoms with van der Waals surface area (Å²) in [6, 6.07) is 4.93. The number of aliphatic carboxylic acids is 1. The quantitative estimate of drug-likeness (QED) is 0.856. The van der Waals surface area contributed by atoms with Gasteiger partial charge in [-0.25, -0.2) is 0 Å². The Morgan fingerprint density at radius 2 is 1.90 bits per heavy atom. The van der Waals surface area contributed by atoms with Crippen molar-refractivity contribution in [2.24, 2.45) is 0 Å². The highest BCUT2D eigenvalue weighted by atomic mass is 35.5. The topological polar surface area (TPSA) is 57.6 Å². The van der Waals surface area contributed by atoms with E-state index in [1.807, 2.05) is 0 Å². The van der Waals surface area contributed by atoms with Crippen LogP contribution in [0.5, 0.6) is 0 Å². The molecule has 0 heterocycles. The molecule has 1 rings (SSSR count). The average Bonchev–Trinajstić information content (AvgIpc) is 2.33. The third kappa shape index (κ3) is 5.40. The van der Waals surface area contributed by atoms with Gasteiger partial charge < -0.3 is 10.0 Å². The molecular formula is C15H17Cl2NO3. The summed E-state index contributed by atoms with van der Waals surface area (Å²) in [5, 5.41) is 9.83. The van der Waals surface area contributed by atoms with Crippen LogP contribution in [-0.2, 0) is 9.59 Å². The van der Waals surface area contributed by atoms with Crippen molar-refractivity contribution in [1.29, 1.82) is 0 Å². The summed E-state index contributed by atoms with van der Waals surface area (Å²) in [5.74, 6) is -1.45. The molecule has 0 bridgehead atoms. The number of amides is 1. The van der Waals surface area contributed by atoms with Crippen LogP contribution in [0.4, 0.5) is 0 Å². The number of carbonyl (C=O) groups is 2. The van der Waals surface area contributed by atoms with E-state index in [1.54, 1.807) is 45.0 Å². The minimum Gasteiger partial charge on any atom is -0.480 e. The molecule has 0 unspecified atom stereocenters. The van der Waals surface area contributed by atoms with Gasteiger partial charge in [0.15, 0.2) is 0 Å². The summed E-state index contributed by atoms with van der Waals surface area (Å²) >= 11 is 11.8. The van der Waals surface area contributed by atoms with Gasteiger partial charge in [-0.15, -0.1) is 0 Å². The van der Waals surface area contributed by atoms with Crippen molar-refractivity contribution < 1.29 is 14.7 Å². The van der Waals surface area contributed by atoms with Crippen molar-refractivity contribution in [3.05, 3.63) is 39.9 Å². The maximum Gasteiger partial charge on any atom is 0.323 e. The monoisotopic (exact) mass is 329 g/mol. The van der Waals surface area contributed by atoms with Crippen LogP contribution in [0.3, 0.4) is 0 Å². The third-order valence-electron chi connectivity index (χ3n) is 2.74. The van der Waals surface area contributed by atoms with Gasteiger partial charge >= 0.3 is 5.97 Å². The lowest BCUT2D eigenvalue weighted by atomic mass is 10.1. The van der Waals surface area contributed by atoms with Crippen molar-refractivity contribution in [3.63, 3.8) is 0 Å². The van der Waals surface area contributed by atoms with Crippen molar-refractivity contribution in [3.8, 4) is 0 Å². The molecule has 0 aromatic heterocycles. The largest absolute Gasteiger partial charge is 0.480 e. The molecule has 21 heavy (non-hydrogen) atoms. The molecule has 0 saturated carbocycles. The van der Waals surface area contributed by atoms with Crippen molar-refractivity contribution in [2.75, 3.05) is 6.54 Å². The lowest BCUT2D eigenvalue weighted by molar-refractivity contribution is -0.145. The first-order chi connectivity index (χ1) is 9.61. The number of benzene rings is 1. The summed E-state index contributed by atoms with van der Waals surface area (Å²) in [7, 11) is 0. The lowest BCUT2D eigenvalue weighted by Gasteiger charge is -2.33. The van der Waals surface area contributed by atoms with E-state index in [4.69, 9.17) is 28.3 Å². The zero-order chi connectivity index (χ0) is 16.2. The second-order valence-electron chi connectivity index (χ2n) is 5.49. The molecule has 0 aliphatic heterocycles. The van der Waals surface area contributed by atoms with Crippen LogP contribution >= 0.6 is 23.2 Å². The maximum atomic E-state index is 12.2. The second-order valence-corrected chi connectivity index (χ2v) is 6.33. The number of carboxylic acid groups (broad SMARTS) is 1. The fourth-order valence-corrected chi connectivity index (χ4v) is 2.14. The standard InChI is InChI=1S/C15H17Cl2NO3/c1-15(2,3)18(9-14(20)21)13(19)7-5-10-4-6-11(16)8-12(10)17/h4-8H,9H2,1-3H3,(H,20,21). The van der Waals surface area contributed by atoms with E-state index in [0.717, 1.165) is 0 Å². The molecule has 0 atom stereocenters. The second kappa shape index (κ2) is 6.96. The molecule has 0 saturated heterocycles. The van der Waals surface area contributed by atoms with Gasteiger partial charge in [-0.1, -0.05) is 29.3 Å². The van der Waals surface area contributed by atoms with Crippen LogP contribution < -0.4 is 0 Å². The molecule has 0 aliphatic rings. The number of nitrogens with zero attached hydrogens (tertiary/aromatic N) is 1.